The van der Waals surface area contributed by atoms with Crippen molar-refractivity contribution < 1.29 is 13.5 Å². The summed E-state index contributed by atoms with van der Waals surface area (Å²) < 4.78 is 23.7. The first-order valence-corrected chi connectivity index (χ1v) is 5.54. The quantitative estimate of drug-likeness (QED) is 0.801. The first kappa shape index (κ1) is 10.4. The minimum atomic E-state index is -0.285. The molecule has 1 fully saturated rings. The number of hydrogen-bond donors (Lipinski definition) is 0. The second-order valence-electron chi connectivity index (χ2n) is 3.95. The van der Waals surface area contributed by atoms with Crippen molar-refractivity contribution in [1.82, 2.24) is 10.2 Å². The third kappa shape index (κ3) is 2.06. The van der Waals surface area contributed by atoms with Crippen molar-refractivity contribution in [2.24, 2.45) is 0 Å². The van der Waals surface area contributed by atoms with Gasteiger partial charge >= 0.3 is 0 Å². The van der Waals surface area contributed by atoms with Crippen molar-refractivity contribution >= 4 is 0 Å². The van der Waals surface area contributed by atoms with E-state index >= 15 is 0 Å². The number of aromatic nitrogens is 2. The molecule has 17 heavy (non-hydrogen) atoms. The Kier molecular flexibility index (Phi) is 2.60. The van der Waals surface area contributed by atoms with Gasteiger partial charge < -0.3 is 9.15 Å². The van der Waals surface area contributed by atoms with Crippen LogP contribution in [0.15, 0.2) is 28.7 Å². The fourth-order valence-corrected chi connectivity index (χ4v) is 1.85. The van der Waals surface area contributed by atoms with E-state index in [9.17, 15) is 4.39 Å². The van der Waals surface area contributed by atoms with Gasteiger partial charge in [0, 0.05) is 12.2 Å². The summed E-state index contributed by atoms with van der Waals surface area (Å²) in [6.07, 6.45) is 1.83. The molecule has 0 bridgehead atoms. The lowest BCUT2D eigenvalue weighted by Gasteiger charge is -2.01. The molecule has 0 radical (unpaired) electrons. The van der Waals surface area contributed by atoms with Crippen LogP contribution in [0.1, 0.15) is 24.8 Å². The SMILES string of the molecule is Fc1ccc(-c2nnc([C@@H]3CCCO3)o2)cc1. The third-order valence-corrected chi connectivity index (χ3v) is 2.74. The summed E-state index contributed by atoms with van der Waals surface area (Å²) in [6, 6.07) is 5.96. The molecule has 1 aliphatic heterocycles. The lowest BCUT2D eigenvalue weighted by Crippen LogP contribution is -1.95. The van der Waals surface area contributed by atoms with E-state index < -0.39 is 0 Å². The smallest absolute Gasteiger partial charge is 0.247 e. The third-order valence-electron chi connectivity index (χ3n) is 2.74. The maximum atomic E-state index is 12.8. The van der Waals surface area contributed by atoms with Crippen molar-refractivity contribution in [1.29, 1.82) is 0 Å². The molecule has 0 spiro atoms. The van der Waals surface area contributed by atoms with E-state index in [1.54, 1.807) is 12.1 Å². The zero-order valence-electron chi connectivity index (χ0n) is 9.10. The van der Waals surface area contributed by atoms with Crippen LogP contribution in [0.4, 0.5) is 4.39 Å². The lowest BCUT2D eigenvalue weighted by atomic mass is 10.2. The van der Waals surface area contributed by atoms with Crippen LogP contribution in [-0.2, 0) is 4.74 Å². The Morgan fingerprint density at radius 3 is 2.71 bits per heavy atom. The van der Waals surface area contributed by atoms with Crippen LogP contribution >= 0.6 is 0 Å². The first-order chi connectivity index (χ1) is 8.33. The molecule has 4 nitrogen and oxygen atoms in total. The topological polar surface area (TPSA) is 48.2 Å². The predicted molar refractivity (Wildman–Crippen MR) is 57.6 cm³/mol. The van der Waals surface area contributed by atoms with E-state index in [0.29, 0.717) is 17.3 Å². The van der Waals surface area contributed by atoms with E-state index in [4.69, 9.17) is 9.15 Å². The summed E-state index contributed by atoms with van der Waals surface area (Å²) >= 11 is 0. The van der Waals surface area contributed by atoms with Crippen molar-refractivity contribution in [3.8, 4) is 11.5 Å². The number of ether oxygens (including phenoxy) is 1. The highest BCUT2D eigenvalue weighted by atomic mass is 19.1. The largest absolute Gasteiger partial charge is 0.418 e. The van der Waals surface area contributed by atoms with Gasteiger partial charge in [0.1, 0.15) is 11.9 Å². The summed E-state index contributed by atoms with van der Waals surface area (Å²) in [5, 5.41) is 7.90. The van der Waals surface area contributed by atoms with Gasteiger partial charge in [-0.1, -0.05) is 0 Å². The molecule has 0 aliphatic carbocycles. The normalized spacial score (nSPS) is 19.7. The average molecular weight is 234 g/mol. The number of hydrogen-bond acceptors (Lipinski definition) is 4. The van der Waals surface area contributed by atoms with E-state index in [2.05, 4.69) is 10.2 Å². The van der Waals surface area contributed by atoms with Crippen LogP contribution in [0.2, 0.25) is 0 Å². The molecule has 2 aromatic rings. The second-order valence-corrected chi connectivity index (χ2v) is 3.95. The van der Waals surface area contributed by atoms with Crippen LogP contribution in [0, 0.1) is 5.82 Å². The van der Waals surface area contributed by atoms with Gasteiger partial charge in [-0.3, -0.25) is 0 Å². The Balaban J connectivity index is 1.86. The molecule has 1 atom stereocenters. The van der Waals surface area contributed by atoms with Crippen LogP contribution < -0.4 is 0 Å². The van der Waals surface area contributed by atoms with Gasteiger partial charge in [-0.05, 0) is 37.1 Å². The van der Waals surface area contributed by atoms with Gasteiger partial charge in [0.15, 0.2) is 0 Å². The average Bonchev–Trinajstić information content (AvgIpc) is 3.00. The number of halogens is 1. The summed E-state index contributed by atoms with van der Waals surface area (Å²) in [4.78, 5) is 0. The zero-order valence-corrected chi connectivity index (χ0v) is 9.10. The first-order valence-electron chi connectivity index (χ1n) is 5.54. The predicted octanol–water partition coefficient (Wildman–Crippen LogP) is 2.73. The summed E-state index contributed by atoms with van der Waals surface area (Å²) in [6.45, 7) is 0.735. The highest BCUT2D eigenvalue weighted by molar-refractivity contribution is 5.51. The highest BCUT2D eigenvalue weighted by Crippen LogP contribution is 2.29. The Morgan fingerprint density at radius 2 is 2.00 bits per heavy atom. The number of nitrogens with zero attached hydrogens (tertiary/aromatic N) is 2. The zero-order chi connectivity index (χ0) is 11.7. The van der Waals surface area contributed by atoms with Gasteiger partial charge in [-0.25, -0.2) is 4.39 Å². The van der Waals surface area contributed by atoms with Crippen molar-refractivity contribution in [2.45, 2.75) is 18.9 Å². The minimum Gasteiger partial charge on any atom is -0.418 e. The Morgan fingerprint density at radius 1 is 1.18 bits per heavy atom. The lowest BCUT2D eigenvalue weighted by molar-refractivity contribution is 0.0896. The fraction of sp³-hybridized carbons (Fsp3) is 0.333. The molecular weight excluding hydrogens is 223 g/mol. The summed E-state index contributed by atoms with van der Waals surface area (Å²) in [5.74, 6) is 0.616. The molecule has 3 rings (SSSR count). The molecule has 1 aliphatic rings. The van der Waals surface area contributed by atoms with Gasteiger partial charge in [0.05, 0.1) is 0 Å². The molecule has 1 aromatic carbocycles. The number of benzene rings is 1. The highest BCUT2D eigenvalue weighted by Gasteiger charge is 2.23. The molecule has 5 heteroatoms. The van der Waals surface area contributed by atoms with Crippen LogP contribution in [0.25, 0.3) is 11.5 Å². The number of rotatable bonds is 2. The molecule has 88 valence electrons. The monoisotopic (exact) mass is 234 g/mol. The minimum absolute atomic E-state index is 0.0864. The van der Waals surface area contributed by atoms with Gasteiger partial charge in [0.25, 0.3) is 0 Å². The second kappa shape index (κ2) is 4.25. The molecule has 2 heterocycles. The van der Waals surface area contributed by atoms with Crippen molar-refractivity contribution in [3.63, 3.8) is 0 Å². The van der Waals surface area contributed by atoms with Gasteiger partial charge in [-0.2, -0.15) is 0 Å². The fourth-order valence-electron chi connectivity index (χ4n) is 1.85. The molecule has 0 unspecified atom stereocenters. The summed E-state index contributed by atoms with van der Waals surface area (Å²) in [7, 11) is 0. The Labute approximate surface area is 97.4 Å². The van der Waals surface area contributed by atoms with E-state index in [0.717, 1.165) is 19.4 Å². The molecule has 0 N–H and O–H groups in total. The molecule has 1 saturated heterocycles. The van der Waals surface area contributed by atoms with E-state index in [-0.39, 0.29) is 11.9 Å². The molecule has 0 saturated carbocycles. The molecular formula is C12H11FN2O2. The maximum absolute atomic E-state index is 12.8. The van der Waals surface area contributed by atoms with Crippen LogP contribution in [0.5, 0.6) is 0 Å². The van der Waals surface area contributed by atoms with E-state index in [1.165, 1.54) is 12.1 Å². The Bertz CT molecular complexity index is 503. The summed E-state index contributed by atoms with van der Waals surface area (Å²) in [5.41, 5.74) is 0.711. The van der Waals surface area contributed by atoms with Crippen LogP contribution in [0.3, 0.4) is 0 Å². The molecule has 0 amide bonds. The van der Waals surface area contributed by atoms with Crippen LogP contribution in [-0.4, -0.2) is 16.8 Å². The van der Waals surface area contributed by atoms with Crippen molar-refractivity contribution in [2.75, 3.05) is 6.61 Å². The van der Waals surface area contributed by atoms with Gasteiger partial charge in [-0.15, -0.1) is 10.2 Å². The Hall–Kier alpha value is -1.75. The molecule has 1 aromatic heterocycles. The maximum Gasteiger partial charge on any atom is 0.247 e. The standard InChI is InChI=1S/C12H11FN2O2/c13-9-5-3-8(4-6-9)11-14-15-12(17-11)10-2-1-7-16-10/h3-6,10H,1-2,7H2/t10-/m0/s1. The van der Waals surface area contributed by atoms with Crippen molar-refractivity contribution in [3.05, 3.63) is 36.0 Å². The van der Waals surface area contributed by atoms with E-state index in [1.807, 2.05) is 0 Å². The van der Waals surface area contributed by atoms with Gasteiger partial charge in [0.2, 0.25) is 11.8 Å².